The fourth-order valence-electron chi connectivity index (χ4n) is 0.898. The van der Waals surface area contributed by atoms with Crippen molar-refractivity contribution in [3.8, 4) is 0 Å². The normalized spacial score (nSPS) is 10.1. The summed E-state index contributed by atoms with van der Waals surface area (Å²) in [5.74, 6) is 0. The zero-order valence-electron chi connectivity index (χ0n) is 6.27. The Bertz CT molecular complexity index is 243. The molecule has 59 valence electrons. The molecule has 0 saturated carbocycles. The van der Waals surface area contributed by atoms with Gasteiger partial charge in [-0.15, -0.1) is 0 Å². The molecule has 0 aromatic heterocycles. The fraction of sp³-hybridized carbons (Fsp3) is 0.222. The van der Waals surface area contributed by atoms with Crippen LogP contribution in [0.5, 0.6) is 0 Å². The molecule has 1 radical (unpaired) electrons. The minimum absolute atomic E-state index is 0.619. The van der Waals surface area contributed by atoms with E-state index in [0.717, 1.165) is 12.0 Å². The SMILES string of the molecule is CC[CH]c1cccc(Cl)c1Cl. The van der Waals surface area contributed by atoms with E-state index in [1.807, 2.05) is 18.6 Å². The highest BCUT2D eigenvalue weighted by atomic mass is 35.5. The van der Waals surface area contributed by atoms with Crippen LogP contribution in [0.15, 0.2) is 18.2 Å². The Morgan fingerprint density at radius 1 is 1.36 bits per heavy atom. The van der Waals surface area contributed by atoms with Gasteiger partial charge in [0.05, 0.1) is 10.0 Å². The summed E-state index contributed by atoms with van der Waals surface area (Å²) in [6, 6.07) is 5.64. The fourth-order valence-corrected chi connectivity index (χ4v) is 1.28. The van der Waals surface area contributed by atoms with E-state index in [-0.39, 0.29) is 0 Å². The quantitative estimate of drug-likeness (QED) is 0.658. The maximum absolute atomic E-state index is 5.91. The van der Waals surface area contributed by atoms with Crippen LogP contribution in [0.25, 0.3) is 0 Å². The summed E-state index contributed by atoms with van der Waals surface area (Å²) in [5, 5.41) is 1.27. The van der Waals surface area contributed by atoms with Crippen LogP contribution in [-0.2, 0) is 0 Å². The van der Waals surface area contributed by atoms with Crippen molar-refractivity contribution in [2.24, 2.45) is 0 Å². The average Bonchev–Trinajstić information content (AvgIpc) is 1.99. The molecule has 0 bridgehead atoms. The van der Waals surface area contributed by atoms with Crippen LogP contribution in [0.3, 0.4) is 0 Å². The van der Waals surface area contributed by atoms with Gasteiger partial charge in [-0.25, -0.2) is 0 Å². The van der Waals surface area contributed by atoms with E-state index in [9.17, 15) is 0 Å². The Hall–Kier alpha value is -0.200. The third kappa shape index (κ3) is 2.11. The summed E-state index contributed by atoms with van der Waals surface area (Å²) in [6.07, 6.45) is 3.02. The maximum atomic E-state index is 5.91. The van der Waals surface area contributed by atoms with Gasteiger partial charge in [-0.3, -0.25) is 0 Å². The molecule has 0 aliphatic carbocycles. The lowest BCUT2D eigenvalue weighted by Crippen LogP contribution is -1.81. The van der Waals surface area contributed by atoms with Crippen molar-refractivity contribution in [2.75, 3.05) is 0 Å². The van der Waals surface area contributed by atoms with Gasteiger partial charge in [-0.1, -0.05) is 42.3 Å². The molecule has 0 N–H and O–H groups in total. The molecule has 11 heavy (non-hydrogen) atoms. The number of benzene rings is 1. The molecular weight excluding hydrogens is 179 g/mol. The third-order valence-electron chi connectivity index (χ3n) is 1.41. The van der Waals surface area contributed by atoms with Crippen molar-refractivity contribution in [3.05, 3.63) is 40.2 Å². The van der Waals surface area contributed by atoms with Gasteiger partial charge in [-0.2, -0.15) is 0 Å². The lowest BCUT2D eigenvalue weighted by Gasteiger charge is -2.02. The predicted octanol–water partition coefficient (Wildman–Crippen LogP) is 3.96. The summed E-state index contributed by atoms with van der Waals surface area (Å²) >= 11 is 11.7. The van der Waals surface area contributed by atoms with Gasteiger partial charge in [-0.05, 0) is 24.5 Å². The molecule has 0 heterocycles. The number of rotatable bonds is 2. The van der Waals surface area contributed by atoms with Crippen molar-refractivity contribution in [1.29, 1.82) is 0 Å². The topological polar surface area (TPSA) is 0 Å². The molecular formula is C9H9Cl2. The van der Waals surface area contributed by atoms with Crippen LogP contribution in [0, 0.1) is 6.42 Å². The highest BCUT2D eigenvalue weighted by Crippen LogP contribution is 2.26. The van der Waals surface area contributed by atoms with E-state index in [0.29, 0.717) is 10.0 Å². The van der Waals surface area contributed by atoms with Crippen molar-refractivity contribution in [1.82, 2.24) is 0 Å². The molecule has 0 fully saturated rings. The Morgan fingerprint density at radius 3 is 2.73 bits per heavy atom. The highest BCUT2D eigenvalue weighted by molar-refractivity contribution is 6.42. The molecule has 0 amide bonds. The van der Waals surface area contributed by atoms with Gasteiger partial charge in [0.25, 0.3) is 0 Å². The molecule has 1 rings (SSSR count). The van der Waals surface area contributed by atoms with Gasteiger partial charge in [0.2, 0.25) is 0 Å². The van der Waals surface area contributed by atoms with Gasteiger partial charge in [0.1, 0.15) is 0 Å². The maximum Gasteiger partial charge on any atom is 0.0627 e. The number of hydrogen-bond acceptors (Lipinski definition) is 0. The highest BCUT2D eigenvalue weighted by Gasteiger charge is 2.01. The van der Waals surface area contributed by atoms with E-state index < -0.39 is 0 Å². The van der Waals surface area contributed by atoms with Gasteiger partial charge >= 0.3 is 0 Å². The first-order chi connectivity index (χ1) is 5.25. The van der Waals surface area contributed by atoms with E-state index in [4.69, 9.17) is 23.2 Å². The van der Waals surface area contributed by atoms with Crippen LogP contribution in [-0.4, -0.2) is 0 Å². The van der Waals surface area contributed by atoms with Gasteiger partial charge in [0, 0.05) is 0 Å². The minimum atomic E-state index is 0.619. The third-order valence-corrected chi connectivity index (χ3v) is 2.24. The van der Waals surface area contributed by atoms with Crippen LogP contribution < -0.4 is 0 Å². The largest absolute Gasteiger partial charge is 0.0827 e. The predicted molar refractivity (Wildman–Crippen MR) is 50.2 cm³/mol. The van der Waals surface area contributed by atoms with Crippen LogP contribution in [0.2, 0.25) is 10.0 Å². The van der Waals surface area contributed by atoms with Gasteiger partial charge in [0.15, 0.2) is 0 Å². The standard InChI is InChI=1S/C9H9Cl2/c1-2-4-7-5-3-6-8(10)9(7)11/h3-6H,2H2,1H3. The Labute approximate surface area is 77.1 Å². The second-order valence-electron chi connectivity index (χ2n) is 2.26. The number of halogens is 2. The van der Waals surface area contributed by atoms with Crippen molar-refractivity contribution in [2.45, 2.75) is 13.3 Å². The molecule has 0 atom stereocenters. The summed E-state index contributed by atoms with van der Waals surface area (Å²) in [7, 11) is 0. The second kappa shape index (κ2) is 3.99. The van der Waals surface area contributed by atoms with E-state index in [1.165, 1.54) is 0 Å². The Kier molecular flexibility index (Phi) is 3.22. The average molecular weight is 188 g/mol. The zero-order valence-corrected chi connectivity index (χ0v) is 7.78. The lowest BCUT2D eigenvalue weighted by molar-refractivity contribution is 1.12. The van der Waals surface area contributed by atoms with Crippen LogP contribution in [0.1, 0.15) is 18.9 Å². The van der Waals surface area contributed by atoms with Crippen molar-refractivity contribution < 1.29 is 0 Å². The van der Waals surface area contributed by atoms with Crippen LogP contribution in [0.4, 0.5) is 0 Å². The molecule has 0 saturated heterocycles. The molecule has 0 nitrogen and oxygen atoms in total. The summed E-state index contributed by atoms with van der Waals surface area (Å²) in [5.41, 5.74) is 1.02. The molecule has 2 heteroatoms. The lowest BCUT2D eigenvalue weighted by atomic mass is 10.1. The van der Waals surface area contributed by atoms with E-state index in [2.05, 4.69) is 6.92 Å². The first kappa shape index (κ1) is 8.89. The monoisotopic (exact) mass is 187 g/mol. The molecule has 0 unspecified atom stereocenters. The summed E-state index contributed by atoms with van der Waals surface area (Å²) in [6.45, 7) is 2.07. The molecule has 0 aliphatic rings. The molecule has 1 aromatic rings. The number of hydrogen-bond donors (Lipinski definition) is 0. The van der Waals surface area contributed by atoms with E-state index in [1.54, 1.807) is 6.07 Å². The summed E-state index contributed by atoms with van der Waals surface area (Å²) < 4.78 is 0. The molecule has 0 spiro atoms. The molecule has 0 aliphatic heterocycles. The smallest absolute Gasteiger partial charge is 0.0627 e. The van der Waals surface area contributed by atoms with Crippen molar-refractivity contribution >= 4 is 23.2 Å². The van der Waals surface area contributed by atoms with E-state index >= 15 is 0 Å². The first-order valence-electron chi connectivity index (χ1n) is 3.53. The Morgan fingerprint density at radius 2 is 2.09 bits per heavy atom. The Balaban J connectivity index is 2.96. The minimum Gasteiger partial charge on any atom is -0.0827 e. The first-order valence-corrected chi connectivity index (χ1v) is 4.28. The van der Waals surface area contributed by atoms with Crippen molar-refractivity contribution in [3.63, 3.8) is 0 Å². The zero-order chi connectivity index (χ0) is 8.27. The summed E-state index contributed by atoms with van der Waals surface area (Å²) in [4.78, 5) is 0. The molecule has 1 aromatic carbocycles. The van der Waals surface area contributed by atoms with Crippen LogP contribution >= 0.6 is 23.2 Å². The second-order valence-corrected chi connectivity index (χ2v) is 3.04. The van der Waals surface area contributed by atoms with Gasteiger partial charge < -0.3 is 0 Å².